The van der Waals surface area contributed by atoms with Crippen LogP contribution in [0.4, 0.5) is 0 Å². The van der Waals surface area contributed by atoms with Crippen LogP contribution in [0.2, 0.25) is 0 Å². The molecule has 1 heterocycles. The van der Waals surface area contributed by atoms with Crippen LogP contribution >= 0.6 is 0 Å². The lowest BCUT2D eigenvalue weighted by Crippen LogP contribution is -2.43. The first kappa shape index (κ1) is 11.9. The molecule has 3 nitrogen and oxygen atoms in total. The summed E-state index contributed by atoms with van der Waals surface area (Å²) in [4.78, 5) is 14.3. The molecule has 2 rings (SSSR count). The minimum atomic E-state index is 0.271. The van der Waals surface area contributed by atoms with Crippen molar-refractivity contribution in [2.75, 3.05) is 13.1 Å². The highest BCUT2D eigenvalue weighted by atomic mass is 16.2. The highest BCUT2D eigenvalue weighted by Gasteiger charge is 2.29. The minimum Gasteiger partial charge on any atom is -0.342 e. The third-order valence-electron chi connectivity index (χ3n) is 4.22. The maximum absolute atomic E-state index is 12.3. The fraction of sp³-hybridized carbons (Fsp3) is 0.923. The fourth-order valence-electron chi connectivity index (χ4n) is 2.85. The number of hydrogen-bond acceptors (Lipinski definition) is 2. The maximum atomic E-state index is 12.3. The van der Waals surface area contributed by atoms with Crippen LogP contribution in [-0.4, -0.2) is 29.9 Å². The molecule has 0 spiro atoms. The van der Waals surface area contributed by atoms with Crippen LogP contribution in [-0.2, 0) is 4.79 Å². The molecule has 2 aliphatic rings. The second-order valence-corrected chi connectivity index (χ2v) is 5.62. The number of carbonyl (C=O) groups is 1. The van der Waals surface area contributed by atoms with Gasteiger partial charge in [0.2, 0.25) is 5.91 Å². The van der Waals surface area contributed by atoms with Gasteiger partial charge in [0.25, 0.3) is 0 Å². The van der Waals surface area contributed by atoms with Gasteiger partial charge in [0.15, 0.2) is 0 Å². The Morgan fingerprint density at radius 3 is 2.19 bits per heavy atom. The Balaban J connectivity index is 1.83. The SMILES string of the molecule is CC1CCN(C(=O)C2CCC(N)CC2)CC1. The van der Waals surface area contributed by atoms with E-state index in [1.807, 2.05) is 0 Å². The molecule has 0 aromatic carbocycles. The van der Waals surface area contributed by atoms with Gasteiger partial charge in [-0.05, 0) is 44.4 Å². The number of nitrogens with zero attached hydrogens (tertiary/aromatic N) is 1. The van der Waals surface area contributed by atoms with E-state index in [0.29, 0.717) is 11.9 Å². The van der Waals surface area contributed by atoms with Crippen LogP contribution in [0.1, 0.15) is 45.4 Å². The van der Waals surface area contributed by atoms with Gasteiger partial charge in [0, 0.05) is 25.0 Å². The van der Waals surface area contributed by atoms with E-state index >= 15 is 0 Å². The largest absolute Gasteiger partial charge is 0.342 e. The maximum Gasteiger partial charge on any atom is 0.225 e. The molecular formula is C13H24N2O. The zero-order valence-electron chi connectivity index (χ0n) is 10.3. The van der Waals surface area contributed by atoms with Gasteiger partial charge in [-0.15, -0.1) is 0 Å². The first-order valence-corrected chi connectivity index (χ1v) is 6.71. The number of piperidine rings is 1. The van der Waals surface area contributed by atoms with Crippen LogP contribution in [0.15, 0.2) is 0 Å². The van der Waals surface area contributed by atoms with E-state index in [0.717, 1.165) is 44.7 Å². The molecule has 2 fully saturated rings. The number of nitrogens with two attached hydrogens (primary N) is 1. The Kier molecular flexibility index (Phi) is 3.85. The Hall–Kier alpha value is -0.570. The molecule has 16 heavy (non-hydrogen) atoms. The summed E-state index contributed by atoms with van der Waals surface area (Å²) in [7, 11) is 0. The topological polar surface area (TPSA) is 46.3 Å². The number of likely N-dealkylation sites (tertiary alicyclic amines) is 1. The van der Waals surface area contributed by atoms with Crippen molar-refractivity contribution in [2.24, 2.45) is 17.6 Å². The Labute approximate surface area is 98.4 Å². The summed E-state index contributed by atoms with van der Waals surface area (Å²) in [6, 6.07) is 0.338. The Bertz CT molecular complexity index is 214. The molecule has 0 unspecified atom stereocenters. The minimum absolute atomic E-state index is 0.271. The molecule has 1 aliphatic heterocycles. The number of carbonyl (C=O) groups excluding carboxylic acids is 1. The molecule has 1 saturated carbocycles. The molecular weight excluding hydrogens is 200 g/mol. The zero-order valence-corrected chi connectivity index (χ0v) is 10.3. The summed E-state index contributed by atoms with van der Waals surface area (Å²) >= 11 is 0. The summed E-state index contributed by atoms with van der Waals surface area (Å²) < 4.78 is 0. The van der Waals surface area contributed by atoms with Gasteiger partial charge in [-0.3, -0.25) is 4.79 Å². The quantitative estimate of drug-likeness (QED) is 0.737. The predicted molar refractivity (Wildman–Crippen MR) is 64.9 cm³/mol. The zero-order chi connectivity index (χ0) is 11.5. The van der Waals surface area contributed by atoms with Gasteiger partial charge < -0.3 is 10.6 Å². The molecule has 1 aliphatic carbocycles. The van der Waals surface area contributed by atoms with Crippen molar-refractivity contribution in [3.8, 4) is 0 Å². The van der Waals surface area contributed by atoms with E-state index in [1.54, 1.807) is 0 Å². The van der Waals surface area contributed by atoms with Crippen LogP contribution in [0.25, 0.3) is 0 Å². The standard InChI is InChI=1S/C13H24N2O/c1-10-6-8-15(9-7-10)13(16)11-2-4-12(14)5-3-11/h10-12H,2-9,14H2,1H3. The summed E-state index contributed by atoms with van der Waals surface area (Å²) in [6.07, 6.45) is 6.43. The Morgan fingerprint density at radius 1 is 1.06 bits per heavy atom. The van der Waals surface area contributed by atoms with Gasteiger partial charge in [-0.25, -0.2) is 0 Å². The smallest absolute Gasteiger partial charge is 0.225 e. The van der Waals surface area contributed by atoms with E-state index in [2.05, 4.69) is 11.8 Å². The van der Waals surface area contributed by atoms with Gasteiger partial charge >= 0.3 is 0 Å². The van der Waals surface area contributed by atoms with Crippen molar-refractivity contribution in [1.29, 1.82) is 0 Å². The molecule has 1 amide bonds. The highest BCUT2D eigenvalue weighted by molar-refractivity contribution is 5.79. The van der Waals surface area contributed by atoms with E-state index in [-0.39, 0.29) is 5.92 Å². The van der Waals surface area contributed by atoms with Gasteiger partial charge in [-0.2, -0.15) is 0 Å². The van der Waals surface area contributed by atoms with Crippen molar-refractivity contribution in [3.63, 3.8) is 0 Å². The molecule has 0 atom stereocenters. The van der Waals surface area contributed by atoms with Gasteiger partial charge in [0.1, 0.15) is 0 Å². The first-order valence-electron chi connectivity index (χ1n) is 6.71. The van der Waals surface area contributed by atoms with Gasteiger partial charge in [-0.1, -0.05) is 6.92 Å². The van der Waals surface area contributed by atoms with Crippen molar-refractivity contribution in [1.82, 2.24) is 4.90 Å². The average molecular weight is 224 g/mol. The number of rotatable bonds is 1. The lowest BCUT2D eigenvalue weighted by Gasteiger charge is -2.35. The molecule has 0 aromatic rings. The normalized spacial score (nSPS) is 32.8. The lowest BCUT2D eigenvalue weighted by molar-refractivity contribution is -0.138. The van der Waals surface area contributed by atoms with Crippen LogP contribution < -0.4 is 5.73 Å². The third-order valence-corrected chi connectivity index (χ3v) is 4.22. The summed E-state index contributed by atoms with van der Waals surface area (Å²) in [5.74, 6) is 1.47. The second kappa shape index (κ2) is 5.17. The van der Waals surface area contributed by atoms with E-state index in [9.17, 15) is 4.79 Å². The van der Waals surface area contributed by atoms with E-state index in [1.165, 1.54) is 12.8 Å². The van der Waals surface area contributed by atoms with Crippen LogP contribution in [0.5, 0.6) is 0 Å². The summed E-state index contributed by atoms with van der Waals surface area (Å²) in [6.45, 7) is 4.23. The van der Waals surface area contributed by atoms with Gasteiger partial charge in [0.05, 0.1) is 0 Å². The van der Waals surface area contributed by atoms with Crippen molar-refractivity contribution in [2.45, 2.75) is 51.5 Å². The predicted octanol–water partition coefficient (Wildman–Crippen LogP) is 1.76. The molecule has 92 valence electrons. The molecule has 2 N–H and O–H groups in total. The van der Waals surface area contributed by atoms with Crippen LogP contribution in [0, 0.1) is 11.8 Å². The van der Waals surface area contributed by atoms with Crippen molar-refractivity contribution in [3.05, 3.63) is 0 Å². The highest BCUT2D eigenvalue weighted by Crippen LogP contribution is 2.26. The summed E-state index contributed by atoms with van der Waals surface area (Å²) in [5, 5.41) is 0. The average Bonchev–Trinajstić information content (AvgIpc) is 2.30. The lowest BCUT2D eigenvalue weighted by atomic mass is 9.85. The third kappa shape index (κ3) is 2.76. The molecule has 0 radical (unpaired) electrons. The summed E-state index contributed by atoms with van der Waals surface area (Å²) in [5.41, 5.74) is 5.87. The fourth-order valence-corrected chi connectivity index (χ4v) is 2.85. The first-order chi connectivity index (χ1) is 7.66. The van der Waals surface area contributed by atoms with Crippen molar-refractivity contribution < 1.29 is 4.79 Å². The molecule has 1 saturated heterocycles. The van der Waals surface area contributed by atoms with E-state index < -0.39 is 0 Å². The number of hydrogen-bond donors (Lipinski definition) is 1. The van der Waals surface area contributed by atoms with E-state index in [4.69, 9.17) is 5.73 Å². The monoisotopic (exact) mass is 224 g/mol. The molecule has 0 bridgehead atoms. The second-order valence-electron chi connectivity index (χ2n) is 5.62. The van der Waals surface area contributed by atoms with Crippen LogP contribution in [0.3, 0.4) is 0 Å². The molecule has 3 heteroatoms. The van der Waals surface area contributed by atoms with Crippen molar-refractivity contribution >= 4 is 5.91 Å². The molecule has 0 aromatic heterocycles. The Morgan fingerprint density at radius 2 is 1.62 bits per heavy atom. The number of amides is 1.